The minimum Gasteiger partial charge on any atom is -0.387 e. The van der Waals surface area contributed by atoms with Crippen LogP contribution in [0.2, 0.25) is 0 Å². The number of aliphatic hydroxyl groups excluding tert-OH is 2. The van der Waals surface area contributed by atoms with Gasteiger partial charge >= 0.3 is 0 Å². The first-order valence-electron chi connectivity index (χ1n) is 9.55. The highest BCUT2D eigenvalue weighted by Gasteiger charge is 2.44. The maximum absolute atomic E-state index is 10.4. The van der Waals surface area contributed by atoms with Gasteiger partial charge in [0.2, 0.25) is 5.82 Å². The smallest absolute Gasteiger partial charge is 0.236 e. The molecule has 1 aromatic carbocycles. The van der Waals surface area contributed by atoms with Crippen LogP contribution in [0.1, 0.15) is 17.6 Å². The van der Waals surface area contributed by atoms with Crippen LogP contribution < -0.4 is 5.32 Å². The molecular formula is C20H22N6O4. The highest BCUT2D eigenvalue weighted by atomic mass is 16.6. The molecule has 0 radical (unpaired) electrons. The number of hydrogen-bond acceptors (Lipinski definition) is 9. The first-order valence-corrected chi connectivity index (χ1v) is 9.55. The van der Waals surface area contributed by atoms with Crippen molar-refractivity contribution in [3.05, 3.63) is 48.0 Å². The molecular weight excluding hydrogens is 388 g/mol. The third kappa shape index (κ3) is 3.83. The zero-order chi connectivity index (χ0) is 21.1. The van der Waals surface area contributed by atoms with Crippen LogP contribution in [0.4, 0.5) is 5.82 Å². The number of aromatic nitrogens is 4. The second kappa shape index (κ2) is 8.73. The Balaban J connectivity index is 1.61. The first-order chi connectivity index (χ1) is 14.6. The highest BCUT2D eigenvalue weighted by molar-refractivity contribution is 5.83. The number of fused-ring (bicyclic) bond motifs is 1. The predicted molar refractivity (Wildman–Crippen MR) is 106 cm³/mol. The molecule has 0 saturated carbocycles. The van der Waals surface area contributed by atoms with Gasteiger partial charge in [-0.3, -0.25) is 4.57 Å². The van der Waals surface area contributed by atoms with Crippen LogP contribution in [0.15, 0.2) is 36.7 Å². The molecule has 0 amide bonds. The number of imidazole rings is 1. The van der Waals surface area contributed by atoms with E-state index >= 15 is 0 Å². The van der Waals surface area contributed by atoms with Gasteiger partial charge in [0.25, 0.3) is 0 Å². The summed E-state index contributed by atoms with van der Waals surface area (Å²) in [5.41, 5.74) is 1.95. The van der Waals surface area contributed by atoms with E-state index in [1.807, 2.05) is 36.4 Å². The minimum atomic E-state index is -1.20. The van der Waals surface area contributed by atoms with Gasteiger partial charge in [-0.2, -0.15) is 15.2 Å². The summed E-state index contributed by atoms with van der Waals surface area (Å²) in [4.78, 5) is 12.8. The molecule has 10 heteroatoms. The van der Waals surface area contributed by atoms with E-state index in [4.69, 9.17) is 9.47 Å². The fourth-order valence-corrected chi connectivity index (χ4v) is 3.51. The maximum atomic E-state index is 10.4. The van der Waals surface area contributed by atoms with Crippen LogP contribution in [0.25, 0.3) is 11.2 Å². The topological polar surface area (TPSA) is 138 Å². The van der Waals surface area contributed by atoms with Crippen LogP contribution in [-0.2, 0) is 15.9 Å². The average molecular weight is 410 g/mol. The molecule has 1 saturated heterocycles. The quantitative estimate of drug-likeness (QED) is 0.511. The predicted octanol–water partition coefficient (Wildman–Crippen LogP) is 0.618. The van der Waals surface area contributed by atoms with E-state index in [2.05, 4.69) is 20.3 Å². The van der Waals surface area contributed by atoms with Crippen LogP contribution in [-0.4, -0.2) is 68.3 Å². The van der Waals surface area contributed by atoms with Gasteiger partial charge in [-0.1, -0.05) is 30.3 Å². The third-order valence-corrected chi connectivity index (χ3v) is 5.01. The molecule has 2 aromatic heterocycles. The number of nitriles is 1. The van der Waals surface area contributed by atoms with E-state index in [1.54, 1.807) is 0 Å². The molecule has 3 aromatic rings. The van der Waals surface area contributed by atoms with Crippen molar-refractivity contribution in [3.8, 4) is 6.07 Å². The number of nitrogens with one attached hydrogen (secondary N) is 1. The van der Waals surface area contributed by atoms with E-state index in [1.165, 1.54) is 23.6 Å². The van der Waals surface area contributed by atoms with Crippen molar-refractivity contribution in [2.45, 2.75) is 31.0 Å². The lowest BCUT2D eigenvalue weighted by Gasteiger charge is -2.16. The van der Waals surface area contributed by atoms with E-state index in [9.17, 15) is 15.5 Å². The number of aliphatic hydroxyl groups is 2. The number of rotatable bonds is 7. The van der Waals surface area contributed by atoms with Gasteiger partial charge in [0.05, 0.1) is 12.9 Å². The Morgan fingerprint density at radius 3 is 2.77 bits per heavy atom. The van der Waals surface area contributed by atoms with Crippen molar-refractivity contribution in [3.63, 3.8) is 0 Å². The minimum absolute atomic E-state index is 0.0343. The second-order valence-corrected chi connectivity index (χ2v) is 7.00. The number of hydrogen-bond donors (Lipinski definition) is 3. The van der Waals surface area contributed by atoms with Crippen LogP contribution >= 0.6 is 0 Å². The van der Waals surface area contributed by atoms with Crippen LogP contribution in [0.5, 0.6) is 0 Å². The Morgan fingerprint density at radius 2 is 2.03 bits per heavy atom. The molecule has 0 aliphatic carbocycles. The van der Waals surface area contributed by atoms with Crippen molar-refractivity contribution >= 4 is 17.0 Å². The summed E-state index contributed by atoms with van der Waals surface area (Å²) in [6.45, 7) is 0.719. The van der Waals surface area contributed by atoms with E-state index in [-0.39, 0.29) is 12.4 Å². The Hall–Kier alpha value is -3.10. The molecule has 30 heavy (non-hydrogen) atoms. The maximum Gasteiger partial charge on any atom is 0.236 e. The average Bonchev–Trinajstić information content (AvgIpc) is 3.31. The molecule has 4 atom stereocenters. The van der Waals surface area contributed by atoms with Gasteiger partial charge in [-0.05, 0) is 12.0 Å². The van der Waals surface area contributed by atoms with Crippen molar-refractivity contribution < 1.29 is 19.7 Å². The SMILES string of the molecule is COC[C@H]1O[C@@H](n2cnc3c(NCCc4ccccc4)nc(C#N)nc32)[C@H](O)[C@@H]1O. The monoisotopic (exact) mass is 410 g/mol. The largest absolute Gasteiger partial charge is 0.387 e. The summed E-state index contributed by atoms with van der Waals surface area (Å²) in [5.74, 6) is 0.389. The zero-order valence-electron chi connectivity index (χ0n) is 16.3. The molecule has 0 bridgehead atoms. The molecule has 1 aliphatic heterocycles. The second-order valence-electron chi connectivity index (χ2n) is 7.00. The molecule has 1 aliphatic rings. The van der Waals surface area contributed by atoms with Gasteiger partial charge in [-0.15, -0.1) is 0 Å². The molecule has 10 nitrogen and oxygen atoms in total. The summed E-state index contributed by atoms with van der Waals surface area (Å²) in [6.07, 6.45) is -1.69. The van der Waals surface area contributed by atoms with Gasteiger partial charge in [0, 0.05) is 13.7 Å². The summed E-state index contributed by atoms with van der Waals surface area (Å²) in [5, 5.41) is 33.2. The molecule has 0 spiro atoms. The van der Waals surface area contributed by atoms with Crippen LogP contribution in [0, 0.1) is 11.3 Å². The van der Waals surface area contributed by atoms with Crippen LogP contribution in [0.3, 0.4) is 0 Å². The summed E-state index contributed by atoms with van der Waals surface area (Å²) >= 11 is 0. The Labute approximate surface area is 172 Å². The van der Waals surface area contributed by atoms with E-state index < -0.39 is 24.5 Å². The lowest BCUT2D eigenvalue weighted by atomic mass is 10.1. The molecule has 4 rings (SSSR count). The fourth-order valence-electron chi connectivity index (χ4n) is 3.51. The van der Waals surface area contributed by atoms with Crippen molar-refractivity contribution in [1.29, 1.82) is 5.26 Å². The summed E-state index contributed by atoms with van der Waals surface area (Å²) in [7, 11) is 1.49. The summed E-state index contributed by atoms with van der Waals surface area (Å²) in [6, 6.07) is 11.9. The lowest BCUT2D eigenvalue weighted by Crippen LogP contribution is -2.33. The number of benzene rings is 1. The van der Waals surface area contributed by atoms with Gasteiger partial charge in [0.1, 0.15) is 24.4 Å². The fraction of sp³-hybridized carbons (Fsp3) is 0.400. The van der Waals surface area contributed by atoms with Crippen molar-refractivity contribution in [1.82, 2.24) is 19.5 Å². The standard InChI is InChI=1S/C20H22N6O4/c1-29-10-13-16(27)17(28)20(30-13)26-11-23-15-18(24-14(9-21)25-19(15)26)22-8-7-12-5-3-2-4-6-12/h2-6,11,13,16-17,20,27-28H,7-8,10H2,1H3,(H,22,24,25)/t13-,16-,17-,20-/m1/s1. The molecule has 3 heterocycles. The number of nitrogens with zero attached hydrogens (tertiary/aromatic N) is 5. The number of anilines is 1. The van der Waals surface area contributed by atoms with E-state index in [0.29, 0.717) is 23.5 Å². The molecule has 3 N–H and O–H groups in total. The van der Waals surface area contributed by atoms with E-state index in [0.717, 1.165) is 6.42 Å². The number of methoxy groups -OCH3 is 1. The third-order valence-electron chi connectivity index (χ3n) is 5.01. The van der Waals surface area contributed by atoms with Gasteiger partial charge < -0.3 is 25.0 Å². The Morgan fingerprint density at radius 1 is 1.23 bits per heavy atom. The molecule has 156 valence electrons. The first kappa shape index (κ1) is 20.2. The summed E-state index contributed by atoms with van der Waals surface area (Å²) < 4.78 is 12.3. The normalized spacial score (nSPS) is 23.5. The molecule has 0 unspecified atom stereocenters. The zero-order valence-corrected chi connectivity index (χ0v) is 16.3. The Bertz CT molecular complexity index is 1050. The highest BCUT2D eigenvalue weighted by Crippen LogP contribution is 2.32. The van der Waals surface area contributed by atoms with Crippen molar-refractivity contribution in [2.24, 2.45) is 0 Å². The number of ether oxygens (including phenoxy) is 2. The Kier molecular flexibility index (Phi) is 5.87. The molecule has 1 fully saturated rings. The van der Waals surface area contributed by atoms with Crippen molar-refractivity contribution in [2.75, 3.05) is 25.6 Å². The van der Waals surface area contributed by atoms with Gasteiger partial charge in [0.15, 0.2) is 23.2 Å². The lowest BCUT2D eigenvalue weighted by molar-refractivity contribution is -0.0580. The van der Waals surface area contributed by atoms with Gasteiger partial charge in [-0.25, -0.2) is 4.98 Å².